The molecule has 0 spiro atoms. The Bertz CT molecular complexity index is 2390. The smallest absolute Gasteiger partial charge is 0.436 e. The third-order valence-corrected chi connectivity index (χ3v) is 8.98. The molecule has 5 N–H and O–H groups in total. The maximum Gasteiger partial charge on any atom is 0.436 e. The summed E-state index contributed by atoms with van der Waals surface area (Å²) in [6.45, 7) is 9.55. The summed E-state index contributed by atoms with van der Waals surface area (Å²) in [5.41, 5.74) is 3.49. The molecule has 0 aliphatic rings. The zero-order chi connectivity index (χ0) is 45.5. The Morgan fingerprint density at radius 2 is 1.46 bits per heavy atom. The van der Waals surface area contributed by atoms with E-state index in [1.807, 2.05) is 80.6 Å². The Kier molecular flexibility index (Phi) is 16.1. The first-order valence-corrected chi connectivity index (χ1v) is 20.4. The fourth-order valence-corrected chi connectivity index (χ4v) is 6.06. The molecule has 0 fully saturated rings. The normalized spacial score (nSPS) is 10.9. The van der Waals surface area contributed by atoms with E-state index in [0.717, 1.165) is 17.5 Å². The van der Waals surface area contributed by atoms with Gasteiger partial charge in [-0.15, -0.1) is 0 Å². The number of amides is 4. The highest BCUT2D eigenvalue weighted by atomic mass is 17.0. The van der Waals surface area contributed by atoms with Gasteiger partial charge < -0.3 is 30.9 Å². The molecule has 0 atom stereocenters. The molecule has 1 aromatic heterocycles. The summed E-state index contributed by atoms with van der Waals surface area (Å²) in [5, 5.41) is 15.2. The van der Waals surface area contributed by atoms with E-state index in [2.05, 4.69) is 31.6 Å². The quantitative estimate of drug-likeness (QED) is 0.0586. The van der Waals surface area contributed by atoms with Crippen LogP contribution in [0.25, 0.3) is 11.3 Å². The van der Waals surface area contributed by atoms with Crippen molar-refractivity contribution in [2.24, 2.45) is 0 Å². The van der Waals surface area contributed by atoms with Crippen LogP contribution >= 0.6 is 0 Å². The van der Waals surface area contributed by atoms with Crippen LogP contribution in [-0.4, -0.2) is 70.9 Å². The average molecular weight is 862 g/mol. The lowest BCUT2D eigenvalue weighted by Gasteiger charge is -2.24. The molecule has 17 nitrogen and oxygen atoms in total. The third-order valence-electron chi connectivity index (χ3n) is 8.98. The number of ether oxygens (including phenoxy) is 1. The molecule has 0 radical (unpaired) electrons. The first-order valence-electron chi connectivity index (χ1n) is 20.4. The molecule has 0 aliphatic heterocycles. The van der Waals surface area contributed by atoms with Crippen LogP contribution in [0.2, 0.25) is 0 Å². The van der Waals surface area contributed by atoms with Gasteiger partial charge in [-0.25, -0.2) is 19.4 Å². The molecule has 4 amide bonds. The van der Waals surface area contributed by atoms with Gasteiger partial charge in [-0.1, -0.05) is 72.8 Å². The van der Waals surface area contributed by atoms with Gasteiger partial charge in [-0.2, -0.15) is 0 Å². The van der Waals surface area contributed by atoms with Crippen LogP contribution in [0.3, 0.4) is 0 Å². The van der Waals surface area contributed by atoms with E-state index < -0.39 is 35.3 Å². The van der Waals surface area contributed by atoms with Gasteiger partial charge in [0.2, 0.25) is 5.91 Å². The fourth-order valence-electron chi connectivity index (χ4n) is 6.06. The molecule has 4 aromatic carbocycles. The van der Waals surface area contributed by atoms with Crippen molar-refractivity contribution in [3.8, 4) is 11.3 Å². The number of hydrogen-bond acceptors (Lipinski definition) is 12. The lowest BCUT2D eigenvalue weighted by Crippen LogP contribution is -2.38. The van der Waals surface area contributed by atoms with Crippen molar-refractivity contribution < 1.29 is 33.6 Å². The molecule has 5 rings (SSSR count). The van der Waals surface area contributed by atoms with E-state index in [4.69, 9.17) is 14.4 Å². The van der Waals surface area contributed by atoms with Crippen molar-refractivity contribution in [1.82, 2.24) is 25.1 Å². The van der Waals surface area contributed by atoms with Crippen LogP contribution < -0.4 is 37.4 Å². The SMILES string of the molecule is CNC(=O)ON(OC(=O)N(C)Cc1ccccc1)c1ccc(CNC(=O)Cn2c(-c3cc(NCCc4ccccc4)cc(NC(=O)OC(C)(C)C)c3)cnc(NC(C)C)c2=O)cc1. The number of carbonyl (C=O) groups excluding carboxylic acids is 4. The Balaban J connectivity index is 1.35. The highest BCUT2D eigenvalue weighted by Crippen LogP contribution is 2.28. The van der Waals surface area contributed by atoms with Crippen LogP contribution in [0.4, 0.5) is 37.3 Å². The molecule has 0 saturated heterocycles. The van der Waals surface area contributed by atoms with Crippen LogP contribution in [0.15, 0.2) is 114 Å². The number of hydrogen-bond donors (Lipinski definition) is 5. The summed E-state index contributed by atoms with van der Waals surface area (Å²) in [4.78, 5) is 82.1. The maximum atomic E-state index is 14.0. The average Bonchev–Trinajstić information content (AvgIpc) is 3.24. The van der Waals surface area contributed by atoms with E-state index in [1.165, 1.54) is 22.7 Å². The van der Waals surface area contributed by atoms with Gasteiger partial charge in [0.25, 0.3) is 5.56 Å². The Morgan fingerprint density at radius 1 is 0.810 bits per heavy atom. The molecule has 0 unspecified atom stereocenters. The summed E-state index contributed by atoms with van der Waals surface area (Å²) in [5.74, 6) is -0.412. The highest BCUT2D eigenvalue weighted by molar-refractivity contribution is 5.88. The van der Waals surface area contributed by atoms with Crippen molar-refractivity contribution in [2.75, 3.05) is 41.8 Å². The number of rotatable bonds is 17. The largest absolute Gasteiger partial charge is 0.444 e. The molecule has 0 aliphatic carbocycles. The van der Waals surface area contributed by atoms with E-state index in [-0.39, 0.29) is 37.2 Å². The highest BCUT2D eigenvalue weighted by Gasteiger charge is 2.22. The van der Waals surface area contributed by atoms with Crippen LogP contribution in [-0.2, 0) is 45.3 Å². The zero-order valence-corrected chi connectivity index (χ0v) is 36.6. The van der Waals surface area contributed by atoms with Crippen molar-refractivity contribution in [1.29, 1.82) is 0 Å². The van der Waals surface area contributed by atoms with Crippen molar-refractivity contribution in [2.45, 2.75) is 72.3 Å². The van der Waals surface area contributed by atoms with Gasteiger partial charge in [-0.05, 0) is 93.3 Å². The molecule has 63 heavy (non-hydrogen) atoms. The fraction of sp³-hybridized carbons (Fsp3) is 0.304. The monoisotopic (exact) mass is 861 g/mol. The molecular formula is C46H55N9O8. The minimum atomic E-state index is -0.871. The van der Waals surface area contributed by atoms with Gasteiger partial charge in [0.05, 0.1) is 11.9 Å². The van der Waals surface area contributed by atoms with Gasteiger partial charge in [0.15, 0.2) is 5.82 Å². The first kappa shape index (κ1) is 46.5. The molecule has 1 heterocycles. The van der Waals surface area contributed by atoms with Gasteiger partial charge in [0, 0.05) is 56.7 Å². The minimum Gasteiger partial charge on any atom is -0.444 e. The van der Waals surface area contributed by atoms with Crippen LogP contribution in [0.5, 0.6) is 0 Å². The molecule has 0 saturated carbocycles. The number of aromatic nitrogens is 2. The van der Waals surface area contributed by atoms with Gasteiger partial charge in [-0.3, -0.25) is 29.1 Å². The maximum absolute atomic E-state index is 14.0. The van der Waals surface area contributed by atoms with Gasteiger partial charge in [0.1, 0.15) is 17.8 Å². The second-order valence-corrected chi connectivity index (χ2v) is 15.8. The second-order valence-electron chi connectivity index (χ2n) is 15.8. The summed E-state index contributed by atoms with van der Waals surface area (Å²) in [7, 11) is 2.91. The Hall–Kier alpha value is -7.56. The Morgan fingerprint density at radius 3 is 2.10 bits per heavy atom. The topological polar surface area (TPSA) is 197 Å². The number of anilines is 4. The van der Waals surface area contributed by atoms with Crippen molar-refractivity contribution in [3.05, 3.63) is 136 Å². The minimum absolute atomic E-state index is 0.0616. The lowest BCUT2D eigenvalue weighted by molar-refractivity contribution is -0.121. The summed E-state index contributed by atoms with van der Waals surface area (Å²) >= 11 is 0. The van der Waals surface area contributed by atoms with E-state index in [0.29, 0.717) is 40.0 Å². The number of nitrogens with one attached hydrogen (secondary N) is 5. The summed E-state index contributed by atoms with van der Waals surface area (Å²) in [6, 6.07) is 30.8. The molecule has 17 heteroatoms. The second kappa shape index (κ2) is 21.8. The third kappa shape index (κ3) is 14.5. The lowest BCUT2D eigenvalue weighted by atomic mass is 10.1. The van der Waals surface area contributed by atoms with E-state index in [1.54, 1.807) is 64.2 Å². The summed E-state index contributed by atoms with van der Waals surface area (Å²) in [6.07, 6.45) is -0.0694. The number of benzene rings is 4. The first-order chi connectivity index (χ1) is 30.1. The molecular weight excluding hydrogens is 807 g/mol. The van der Waals surface area contributed by atoms with Crippen molar-refractivity contribution >= 4 is 47.1 Å². The standard InChI is InChI=1S/C46H55N9O8/c1-31(2)51-41-42(57)54(39(28-50-41)35-24-36(48-23-22-32-14-10-8-11-15-32)26-37(25-35)52-44(59)61-46(3,4)5)30-40(56)49-27-33-18-20-38(21-19-33)55(62-43(58)47-6)63-45(60)53(7)29-34-16-12-9-13-17-34/h8-21,24-26,28,31,48H,22-23,27,29-30H2,1-7H3,(H,47,58)(H,49,56)(H,50,51)(H,52,59). The number of nitrogens with zero attached hydrogens (tertiary/aromatic N) is 4. The molecule has 332 valence electrons. The predicted molar refractivity (Wildman–Crippen MR) is 242 cm³/mol. The zero-order valence-electron chi connectivity index (χ0n) is 36.6. The van der Waals surface area contributed by atoms with Gasteiger partial charge >= 0.3 is 18.3 Å². The summed E-state index contributed by atoms with van der Waals surface area (Å²) < 4.78 is 6.84. The van der Waals surface area contributed by atoms with E-state index in [9.17, 15) is 24.0 Å². The van der Waals surface area contributed by atoms with Crippen LogP contribution in [0.1, 0.15) is 51.3 Å². The van der Waals surface area contributed by atoms with E-state index >= 15 is 0 Å². The molecule has 5 aromatic rings. The van der Waals surface area contributed by atoms with Crippen LogP contribution in [0, 0.1) is 0 Å². The Labute approximate surface area is 366 Å². The van der Waals surface area contributed by atoms with Crippen molar-refractivity contribution in [3.63, 3.8) is 0 Å². The number of carbonyl (C=O) groups is 4. The predicted octanol–water partition coefficient (Wildman–Crippen LogP) is 7.31. The molecule has 0 bridgehead atoms.